The topological polar surface area (TPSA) is 35.5 Å². The SMILES string of the molecule is O=C(OF)c1cccc(OC(F)(F)F)c1. The van der Waals surface area contributed by atoms with Crippen LogP contribution in [0.25, 0.3) is 0 Å². The quantitative estimate of drug-likeness (QED) is 0.724. The van der Waals surface area contributed by atoms with Crippen LogP contribution >= 0.6 is 0 Å². The third kappa shape index (κ3) is 3.45. The van der Waals surface area contributed by atoms with Crippen molar-refractivity contribution in [3.05, 3.63) is 29.8 Å². The number of carbonyl (C=O) groups excluding carboxylic acids is 1. The molecule has 0 N–H and O–H groups in total. The molecule has 0 heterocycles. The molecule has 15 heavy (non-hydrogen) atoms. The summed E-state index contributed by atoms with van der Waals surface area (Å²) in [5.74, 6) is -2.01. The number of benzene rings is 1. The van der Waals surface area contributed by atoms with Gasteiger partial charge in [0, 0.05) is 4.53 Å². The zero-order valence-electron chi connectivity index (χ0n) is 7.05. The van der Waals surface area contributed by atoms with Gasteiger partial charge < -0.3 is 4.74 Å². The van der Waals surface area contributed by atoms with Crippen LogP contribution in [-0.4, -0.2) is 12.3 Å². The summed E-state index contributed by atoms with van der Waals surface area (Å²) < 4.78 is 50.2. The molecule has 0 fully saturated rings. The van der Waals surface area contributed by atoms with Gasteiger partial charge in [-0.05, 0) is 18.2 Å². The van der Waals surface area contributed by atoms with Crippen LogP contribution in [0.1, 0.15) is 10.4 Å². The van der Waals surface area contributed by atoms with Crippen LogP contribution in [0.4, 0.5) is 17.7 Å². The summed E-state index contributed by atoms with van der Waals surface area (Å²) in [6.07, 6.45) is -4.86. The third-order valence-corrected chi connectivity index (χ3v) is 1.37. The molecule has 0 unspecified atom stereocenters. The van der Waals surface area contributed by atoms with Gasteiger partial charge in [-0.2, -0.15) is 0 Å². The molecule has 0 atom stereocenters. The molecule has 0 aliphatic rings. The fourth-order valence-corrected chi connectivity index (χ4v) is 0.865. The average molecular weight is 224 g/mol. The van der Waals surface area contributed by atoms with E-state index in [1.807, 2.05) is 0 Å². The standard InChI is InChI=1S/C8H4F4O3/c9-8(10,11)14-6-3-1-2-5(4-6)7(13)15-12/h1-4H. The molecule has 0 aromatic heterocycles. The van der Waals surface area contributed by atoms with Crippen molar-refractivity contribution in [3.63, 3.8) is 0 Å². The number of rotatable bonds is 2. The molecule has 1 rings (SSSR count). The van der Waals surface area contributed by atoms with Crippen LogP contribution in [-0.2, 0) is 4.94 Å². The minimum atomic E-state index is -4.86. The maximum atomic E-state index is 11.7. The van der Waals surface area contributed by atoms with Gasteiger partial charge in [0.05, 0.1) is 5.56 Å². The summed E-state index contributed by atoms with van der Waals surface area (Å²) in [6.45, 7) is 0. The first-order valence-corrected chi connectivity index (χ1v) is 3.61. The predicted octanol–water partition coefficient (Wildman–Crippen LogP) is 2.63. The minimum Gasteiger partial charge on any atom is -0.406 e. The van der Waals surface area contributed by atoms with E-state index in [1.165, 1.54) is 0 Å². The molecule has 3 nitrogen and oxygen atoms in total. The van der Waals surface area contributed by atoms with Gasteiger partial charge in [-0.1, -0.05) is 6.07 Å². The van der Waals surface area contributed by atoms with Crippen molar-refractivity contribution in [2.45, 2.75) is 6.36 Å². The Morgan fingerprint density at radius 2 is 1.93 bits per heavy atom. The number of alkyl halides is 3. The van der Waals surface area contributed by atoms with E-state index < -0.39 is 18.1 Å². The van der Waals surface area contributed by atoms with Gasteiger partial charge in [-0.3, -0.25) is 0 Å². The molecule has 7 heteroatoms. The number of ether oxygens (including phenoxy) is 1. The zero-order valence-corrected chi connectivity index (χ0v) is 7.05. The van der Waals surface area contributed by atoms with E-state index in [0.29, 0.717) is 0 Å². The molecule has 0 amide bonds. The Labute approximate surface area is 81.1 Å². The summed E-state index contributed by atoms with van der Waals surface area (Å²) in [7, 11) is 0. The number of hydrogen-bond donors (Lipinski definition) is 0. The van der Waals surface area contributed by atoms with Gasteiger partial charge in [-0.15, -0.1) is 13.2 Å². The van der Waals surface area contributed by atoms with Crippen LogP contribution in [0.5, 0.6) is 5.75 Å². The van der Waals surface area contributed by atoms with Crippen LogP contribution < -0.4 is 4.74 Å². The first-order chi connectivity index (χ1) is 6.92. The molecular weight excluding hydrogens is 220 g/mol. The van der Waals surface area contributed by atoms with Crippen molar-refractivity contribution in [1.29, 1.82) is 0 Å². The average Bonchev–Trinajstić information content (AvgIpc) is 2.14. The van der Waals surface area contributed by atoms with E-state index >= 15 is 0 Å². The first-order valence-electron chi connectivity index (χ1n) is 3.61. The molecule has 0 radical (unpaired) electrons. The molecule has 0 bridgehead atoms. The van der Waals surface area contributed by atoms with Crippen LogP contribution in [0.15, 0.2) is 24.3 Å². The lowest BCUT2D eigenvalue weighted by molar-refractivity contribution is -0.274. The zero-order chi connectivity index (χ0) is 11.5. The maximum absolute atomic E-state index is 11.7. The number of carbonyl (C=O) groups is 1. The highest BCUT2D eigenvalue weighted by Gasteiger charge is 2.31. The first kappa shape index (κ1) is 11.3. The summed E-state index contributed by atoms with van der Waals surface area (Å²) in [6, 6.07) is 3.89. The van der Waals surface area contributed by atoms with Gasteiger partial charge >= 0.3 is 12.3 Å². The molecule has 0 aliphatic heterocycles. The molecule has 1 aromatic carbocycles. The highest BCUT2D eigenvalue weighted by Crippen LogP contribution is 2.23. The van der Waals surface area contributed by atoms with Crippen molar-refractivity contribution in [1.82, 2.24) is 0 Å². The second-order valence-electron chi connectivity index (χ2n) is 2.44. The van der Waals surface area contributed by atoms with Crippen molar-refractivity contribution in [2.75, 3.05) is 0 Å². The maximum Gasteiger partial charge on any atom is 0.573 e. The summed E-state index contributed by atoms with van der Waals surface area (Å²) >= 11 is 0. The minimum absolute atomic E-state index is 0.376. The van der Waals surface area contributed by atoms with E-state index in [0.717, 1.165) is 24.3 Å². The lowest BCUT2D eigenvalue weighted by Crippen LogP contribution is -2.17. The molecule has 82 valence electrons. The van der Waals surface area contributed by atoms with E-state index in [2.05, 4.69) is 9.68 Å². The van der Waals surface area contributed by atoms with Gasteiger partial charge in [0.15, 0.2) is 0 Å². The largest absolute Gasteiger partial charge is 0.573 e. The fourth-order valence-electron chi connectivity index (χ4n) is 0.865. The van der Waals surface area contributed by atoms with Crippen molar-refractivity contribution in [3.8, 4) is 5.75 Å². The Morgan fingerprint density at radius 1 is 1.27 bits per heavy atom. The van der Waals surface area contributed by atoms with Gasteiger partial charge in [0.25, 0.3) is 0 Å². The highest BCUT2D eigenvalue weighted by molar-refractivity contribution is 5.89. The van der Waals surface area contributed by atoms with Crippen LogP contribution in [0, 0.1) is 0 Å². The van der Waals surface area contributed by atoms with Crippen molar-refractivity contribution >= 4 is 5.97 Å². The van der Waals surface area contributed by atoms with Crippen molar-refractivity contribution < 1.29 is 32.2 Å². The predicted molar refractivity (Wildman–Crippen MR) is 39.6 cm³/mol. The van der Waals surface area contributed by atoms with Crippen LogP contribution in [0.3, 0.4) is 0 Å². The normalized spacial score (nSPS) is 10.9. The Kier molecular flexibility index (Phi) is 3.13. The van der Waals surface area contributed by atoms with E-state index in [1.54, 1.807) is 0 Å². The molecular formula is C8H4F4O3. The van der Waals surface area contributed by atoms with E-state index in [4.69, 9.17) is 0 Å². The fraction of sp³-hybridized carbons (Fsp3) is 0.125. The molecule has 0 aliphatic carbocycles. The van der Waals surface area contributed by atoms with Gasteiger partial charge in [0.1, 0.15) is 5.75 Å². The lowest BCUT2D eigenvalue weighted by atomic mass is 10.2. The smallest absolute Gasteiger partial charge is 0.406 e. The summed E-state index contributed by atoms with van der Waals surface area (Å²) in [5, 5.41) is 0. The second-order valence-corrected chi connectivity index (χ2v) is 2.44. The Hall–Kier alpha value is -1.79. The highest BCUT2D eigenvalue weighted by atomic mass is 19.4. The molecule has 1 aromatic rings. The van der Waals surface area contributed by atoms with E-state index in [9.17, 15) is 22.5 Å². The van der Waals surface area contributed by atoms with Crippen molar-refractivity contribution in [2.24, 2.45) is 0 Å². The molecule has 0 saturated carbocycles. The summed E-state index contributed by atoms with van der Waals surface area (Å²) in [5.41, 5.74) is -0.376. The second kappa shape index (κ2) is 4.16. The van der Waals surface area contributed by atoms with E-state index in [-0.39, 0.29) is 5.56 Å². The third-order valence-electron chi connectivity index (χ3n) is 1.37. The van der Waals surface area contributed by atoms with Gasteiger partial charge in [0.2, 0.25) is 0 Å². The Balaban J connectivity index is 2.88. The van der Waals surface area contributed by atoms with Crippen LogP contribution in [0.2, 0.25) is 0 Å². The Bertz CT molecular complexity index is 361. The summed E-state index contributed by atoms with van der Waals surface area (Å²) in [4.78, 5) is 13.4. The molecule has 0 spiro atoms. The molecule has 0 saturated heterocycles. The Morgan fingerprint density at radius 3 is 2.47 bits per heavy atom. The lowest BCUT2D eigenvalue weighted by Gasteiger charge is -2.08. The number of halogens is 4. The van der Waals surface area contributed by atoms with Gasteiger partial charge in [-0.25, -0.2) is 9.74 Å². The monoisotopic (exact) mass is 224 g/mol. The number of hydrogen-bond acceptors (Lipinski definition) is 3.